The smallest absolute Gasteiger partial charge is 0.326 e. The molecular weight excluding hydrogens is 473 g/mol. The standard InChI is InChI=1S/C23H21ClFNO6S/c1-13(2)32-20(27)11-26-22(28)19(33-23(26)29)10-14-8-16(24)21(18(9-14)30-3)31-12-15-6-4-5-7-17(15)25/h4-10,13H,11-12H2,1-3H3/b19-10+. The molecule has 1 aliphatic rings. The van der Waals surface area contributed by atoms with E-state index in [1.807, 2.05) is 0 Å². The number of rotatable bonds is 8. The van der Waals surface area contributed by atoms with Crippen LogP contribution in [-0.4, -0.2) is 41.8 Å². The Morgan fingerprint density at radius 1 is 1.24 bits per heavy atom. The Morgan fingerprint density at radius 3 is 2.64 bits per heavy atom. The zero-order chi connectivity index (χ0) is 24.1. The summed E-state index contributed by atoms with van der Waals surface area (Å²) in [6.45, 7) is 2.82. The summed E-state index contributed by atoms with van der Waals surface area (Å²) < 4.78 is 29.9. The third-order valence-electron chi connectivity index (χ3n) is 4.41. The van der Waals surface area contributed by atoms with Gasteiger partial charge in [0.05, 0.1) is 23.1 Å². The second-order valence-corrected chi connectivity index (χ2v) is 8.62. The number of thioether (sulfide) groups is 1. The third kappa shape index (κ3) is 6.06. The van der Waals surface area contributed by atoms with Crippen LogP contribution in [0.25, 0.3) is 6.08 Å². The highest BCUT2D eigenvalue weighted by Gasteiger charge is 2.36. The van der Waals surface area contributed by atoms with Crippen molar-refractivity contribution in [1.29, 1.82) is 0 Å². The first kappa shape index (κ1) is 24.6. The van der Waals surface area contributed by atoms with Gasteiger partial charge in [0.25, 0.3) is 11.1 Å². The van der Waals surface area contributed by atoms with Crippen LogP contribution >= 0.6 is 23.4 Å². The van der Waals surface area contributed by atoms with Crippen LogP contribution in [0.4, 0.5) is 9.18 Å². The zero-order valence-electron chi connectivity index (χ0n) is 18.1. The van der Waals surface area contributed by atoms with Gasteiger partial charge < -0.3 is 14.2 Å². The maximum Gasteiger partial charge on any atom is 0.326 e. The lowest BCUT2D eigenvalue weighted by Gasteiger charge is -2.14. The molecule has 1 aliphatic heterocycles. The summed E-state index contributed by atoms with van der Waals surface area (Å²) >= 11 is 7.06. The second kappa shape index (κ2) is 10.7. The van der Waals surface area contributed by atoms with E-state index in [1.54, 1.807) is 38.1 Å². The van der Waals surface area contributed by atoms with Crippen LogP contribution in [0.3, 0.4) is 0 Å². The molecule has 1 saturated heterocycles. The average molecular weight is 494 g/mol. The molecule has 0 saturated carbocycles. The molecule has 0 unspecified atom stereocenters. The molecule has 0 bridgehead atoms. The Balaban J connectivity index is 1.79. The van der Waals surface area contributed by atoms with Gasteiger partial charge in [0.15, 0.2) is 11.5 Å². The monoisotopic (exact) mass is 493 g/mol. The number of ether oxygens (including phenoxy) is 3. The Bertz CT molecular complexity index is 1120. The summed E-state index contributed by atoms with van der Waals surface area (Å²) in [5, 5.41) is -0.397. The number of nitrogens with zero attached hydrogens (tertiary/aromatic N) is 1. The van der Waals surface area contributed by atoms with Crippen molar-refractivity contribution >= 4 is 46.6 Å². The largest absolute Gasteiger partial charge is 0.493 e. The molecule has 0 N–H and O–H groups in total. The summed E-state index contributed by atoms with van der Waals surface area (Å²) in [6, 6.07) is 9.30. The van der Waals surface area contributed by atoms with E-state index in [1.165, 1.54) is 25.3 Å². The van der Waals surface area contributed by atoms with Gasteiger partial charge in [0.2, 0.25) is 0 Å². The molecule has 0 aliphatic carbocycles. The minimum atomic E-state index is -0.672. The molecule has 174 valence electrons. The van der Waals surface area contributed by atoms with Crippen molar-refractivity contribution < 1.29 is 33.0 Å². The van der Waals surface area contributed by atoms with E-state index in [2.05, 4.69) is 0 Å². The molecule has 1 fully saturated rings. The maximum atomic E-state index is 13.9. The van der Waals surface area contributed by atoms with E-state index >= 15 is 0 Å². The highest BCUT2D eigenvalue weighted by atomic mass is 35.5. The van der Waals surface area contributed by atoms with Gasteiger partial charge in [-0.3, -0.25) is 19.3 Å². The third-order valence-corrected chi connectivity index (χ3v) is 5.60. The number of benzene rings is 2. The minimum absolute atomic E-state index is 0.0620. The SMILES string of the molecule is COc1cc(/C=C2/SC(=O)N(CC(=O)OC(C)C)C2=O)cc(Cl)c1OCc1ccccc1F. The minimum Gasteiger partial charge on any atom is -0.493 e. The van der Waals surface area contributed by atoms with E-state index in [4.69, 9.17) is 25.8 Å². The van der Waals surface area contributed by atoms with Crippen molar-refractivity contribution in [2.75, 3.05) is 13.7 Å². The van der Waals surface area contributed by atoms with Crippen LogP contribution in [0.2, 0.25) is 5.02 Å². The van der Waals surface area contributed by atoms with Gasteiger partial charge in [-0.25, -0.2) is 4.39 Å². The van der Waals surface area contributed by atoms with Gasteiger partial charge in [0, 0.05) is 5.56 Å². The molecule has 2 amide bonds. The molecule has 2 aromatic carbocycles. The molecule has 0 spiro atoms. The summed E-state index contributed by atoms with van der Waals surface area (Å²) in [4.78, 5) is 37.6. The van der Waals surface area contributed by atoms with E-state index in [-0.39, 0.29) is 34.1 Å². The lowest BCUT2D eigenvalue weighted by Crippen LogP contribution is -2.35. The fourth-order valence-electron chi connectivity index (χ4n) is 2.95. The predicted octanol–water partition coefficient (Wildman–Crippen LogP) is 5.05. The molecule has 0 aromatic heterocycles. The molecule has 10 heteroatoms. The van der Waals surface area contributed by atoms with Crippen LogP contribution in [0.1, 0.15) is 25.0 Å². The highest BCUT2D eigenvalue weighted by Crippen LogP contribution is 2.39. The van der Waals surface area contributed by atoms with Crippen LogP contribution in [0, 0.1) is 5.82 Å². The molecular formula is C23H21ClFNO6S. The molecule has 33 heavy (non-hydrogen) atoms. The molecule has 0 atom stereocenters. The predicted molar refractivity (Wildman–Crippen MR) is 123 cm³/mol. The lowest BCUT2D eigenvalue weighted by atomic mass is 10.1. The van der Waals surface area contributed by atoms with Crippen molar-refractivity contribution in [2.45, 2.75) is 26.6 Å². The number of imide groups is 1. The number of esters is 1. The number of halogens is 2. The molecule has 7 nitrogen and oxygen atoms in total. The normalized spacial score (nSPS) is 14.8. The number of hydrogen-bond acceptors (Lipinski definition) is 7. The fourth-order valence-corrected chi connectivity index (χ4v) is 4.06. The van der Waals surface area contributed by atoms with Crippen molar-refractivity contribution in [3.63, 3.8) is 0 Å². The van der Waals surface area contributed by atoms with Crippen LogP contribution in [0.5, 0.6) is 11.5 Å². The van der Waals surface area contributed by atoms with E-state index < -0.39 is 29.5 Å². The number of carbonyl (C=O) groups excluding carboxylic acids is 3. The fraction of sp³-hybridized carbons (Fsp3) is 0.261. The molecule has 0 radical (unpaired) electrons. The summed E-state index contributed by atoms with van der Waals surface area (Å²) in [6.07, 6.45) is 1.11. The molecule has 1 heterocycles. The summed E-state index contributed by atoms with van der Waals surface area (Å²) in [7, 11) is 1.42. The first-order valence-electron chi connectivity index (χ1n) is 9.88. The number of methoxy groups -OCH3 is 1. The van der Waals surface area contributed by atoms with Gasteiger partial charge in [-0.05, 0) is 55.4 Å². The first-order valence-corrected chi connectivity index (χ1v) is 11.1. The second-order valence-electron chi connectivity index (χ2n) is 7.22. The van der Waals surface area contributed by atoms with E-state index in [9.17, 15) is 18.8 Å². The lowest BCUT2D eigenvalue weighted by molar-refractivity contribution is -0.149. The summed E-state index contributed by atoms with van der Waals surface area (Å²) in [5.74, 6) is -1.21. The zero-order valence-corrected chi connectivity index (χ0v) is 19.7. The Kier molecular flexibility index (Phi) is 7.99. The Labute approximate surface area is 199 Å². The highest BCUT2D eigenvalue weighted by molar-refractivity contribution is 8.18. The Hall–Kier alpha value is -3.04. The average Bonchev–Trinajstić information content (AvgIpc) is 3.00. The van der Waals surface area contributed by atoms with Crippen molar-refractivity contribution in [3.05, 3.63) is 63.3 Å². The van der Waals surface area contributed by atoms with Gasteiger partial charge in [0.1, 0.15) is 19.0 Å². The number of amides is 2. The topological polar surface area (TPSA) is 82.1 Å². The van der Waals surface area contributed by atoms with Crippen LogP contribution in [-0.2, 0) is 20.9 Å². The summed E-state index contributed by atoms with van der Waals surface area (Å²) in [5.41, 5.74) is 0.828. The van der Waals surface area contributed by atoms with Crippen LogP contribution < -0.4 is 9.47 Å². The van der Waals surface area contributed by atoms with Crippen molar-refractivity contribution in [2.24, 2.45) is 0 Å². The number of hydrogen-bond donors (Lipinski definition) is 0. The van der Waals surface area contributed by atoms with Gasteiger partial charge in [-0.1, -0.05) is 29.8 Å². The van der Waals surface area contributed by atoms with Gasteiger partial charge >= 0.3 is 5.97 Å². The van der Waals surface area contributed by atoms with E-state index in [0.717, 1.165) is 4.90 Å². The van der Waals surface area contributed by atoms with E-state index in [0.29, 0.717) is 22.9 Å². The first-order chi connectivity index (χ1) is 15.7. The quantitative estimate of drug-likeness (QED) is 0.375. The Morgan fingerprint density at radius 2 is 1.97 bits per heavy atom. The molecule has 2 aromatic rings. The number of carbonyl (C=O) groups is 3. The molecule has 3 rings (SSSR count). The van der Waals surface area contributed by atoms with Crippen molar-refractivity contribution in [3.8, 4) is 11.5 Å². The van der Waals surface area contributed by atoms with Crippen molar-refractivity contribution in [1.82, 2.24) is 4.90 Å². The van der Waals surface area contributed by atoms with Gasteiger partial charge in [-0.2, -0.15) is 0 Å². The van der Waals surface area contributed by atoms with Gasteiger partial charge in [-0.15, -0.1) is 0 Å². The maximum absolute atomic E-state index is 13.9. The van der Waals surface area contributed by atoms with Crippen LogP contribution in [0.15, 0.2) is 41.3 Å².